The molecule has 0 bridgehead atoms. The van der Waals surface area contributed by atoms with Crippen LogP contribution in [0.1, 0.15) is 6.92 Å². The Hall–Kier alpha value is -2.00. The zero-order valence-electron chi connectivity index (χ0n) is 11.8. The lowest BCUT2D eigenvalue weighted by Crippen LogP contribution is -2.29. The number of nitrogens with zero attached hydrogens (tertiary/aromatic N) is 3. The molecule has 2 aromatic rings. The molecule has 0 saturated heterocycles. The van der Waals surface area contributed by atoms with E-state index in [1.54, 1.807) is 13.0 Å². The van der Waals surface area contributed by atoms with E-state index in [4.69, 9.17) is 11.6 Å². The van der Waals surface area contributed by atoms with Crippen LogP contribution in [-0.2, 0) is 18.4 Å². The number of allylic oxidation sites excluding steroid dienone is 2. The number of nitrogens with one attached hydrogen (secondary N) is 1. The Morgan fingerprint density at radius 3 is 2.77 bits per heavy atom. The molecule has 1 N–H and O–H groups in total. The Labute approximate surface area is 133 Å². The molecule has 10 heteroatoms. The van der Waals surface area contributed by atoms with Gasteiger partial charge in [0.25, 0.3) is 5.56 Å². The monoisotopic (exact) mass is 343 g/mol. The topological polar surface area (TPSA) is 113 Å². The van der Waals surface area contributed by atoms with Gasteiger partial charge in [0.1, 0.15) is 0 Å². The number of aromatic amines is 1. The Balaban J connectivity index is 2.69. The zero-order chi connectivity index (χ0) is 16.4. The van der Waals surface area contributed by atoms with Gasteiger partial charge in [0, 0.05) is 24.4 Å². The molecule has 0 atom stereocenters. The second kappa shape index (κ2) is 6.41. The molecule has 0 amide bonds. The predicted octanol–water partition coefficient (Wildman–Crippen LogP) is -0.592. The maximum atomic E-state index is 12.0. The third-order valence-corrected chi connectivity index (χ3v) is 3.95. The first-order chi connectivity index (χ1) is 10.3. The lowest BCUT2D eigenvalue weighted by atomic mass is 10.4. The minimum absolute atomic E-state index is 0.176. The van der Waals surface area contributed by atoms with Crippen LogP contribution in [0.4, 0.5) is 0 Å². The number of aromatic nitrogens is 4. The molecule has 0 spiro atoms. The van der Waals surface area contributed by atoms with Gasteiger partial charge in [-0.3, -0.25) is 14.3 Å². The molecule has 2 rings (SSSR count). The average Bonchev–Trinajstić information content (AvgIpc) is 2.79. The van der Waals surface area contributed by atoms with E-state index in [2.05, 4.69) is 9.97 Å². The van der Waals surface area contributed by atoms with Crippen molar-refractivity contribution in [2.75, 3.05) is 5.75 Å². The average molecular weight is 344 g/mol. The molecule has 0 aliphatic carbocycles. The highest BCUT2D eigenvalue weighted by molar-refractivity contribution is 7.99. The summed E-state index contributed by atoms with van der Waals surface area (Å²) in [4.78, 5) is 40.7. The first-order valence-corrected chi connectivity index (χ1v) is 7.52. The Kier molecular flexibility index (Phi) is 4.77. The molecule has 8 nitrogen and oxygen atoms in total. The molecule has 0 radical (unpaired) electrons. The van der Waals surface area contributed by atoms with Crippen molar-refractivity contribution in [2.45, 2.75) is 18.6 Å². The van der Waals surface area contributed by atoms with Crippen molar-refractivity contribution in [3.05, 3.63) is 31.9 Å². The molecular formula is C12H12ClN4O4S-. The van der Waals surface area contributed by atoms with Crippen molar-refractivity contribution >= 4 is 40.5 Å². The van der Waals surface area contributed by atoms with Crippen molar-refractivity contribution in [3.8, 4) is 0 Å². The van der Waals surface area contributed by atoms with Crippen LogP contribution in [0.25, 0.3) is 11.2 Å². The van der Waals surface area contributed by atoms with Crippen molar-refractivity contribution in [2.24, 2.45) is 7.05 Å². The van der Waals surface area contributed by atoms with Gasteiger partial charge in [0.2, 0.25) is 0 Å². The number of rotatable bonds is 5. The summed E-state index contributed by atoms with van der Waals surface area (Å²) in [6.45, 7) is 1.90. The molecule has 0 aromatic carbocycles. The van der Waals surface area contributed by atoms with Crippen LogP contribution >= 0.6 is 23.4 Å². The van der Waals surface area contributed by atoms with Crippen molar-refractivity contribution in [3.63, 3.8) is 0 Å². The van der Waals surface area contributed by atoms with Gasteiger partial charge in [-0.05, 0) is 6.92 Å². The van der Waals surface area contributed by atoms with Gasteiger partial charge >= 0.3 is 5.69 Å². The van der Waals surface area contributed by atoms with Crippen LogP contribution in [0.3, 0.4) is 0 Å². The van der Waals surface area contributed by atoms with Crippen LogP contribution in [0.15, 0.2) is 25.9 Å². The molecule has 2 heterocycles. The first-order valence-electron chi connectivity index (χ1n) is 6.15. The second-order valence-electron chi connectivity index (χ2n) is 4.45. The van der Waals surface area contributed by atoms with E-state index in [9.17, 15) is 19.5 Å². The minimum atomic E-state index is -1.25. The Morgan fingerprint density at radius 1 is 1.50 bits per heavy atom. The summed E-state index contributed by atoms with van der Waals surface area (Å²) in [6, 6.07) is 0. The lowest BCUT2D eigenvalue weighted by molar-refractivity contribution is -0.301. The zero-order valence-corrected chi connectivity index (χ0v) is 13.3. The van der Waals surface area contributed by atoms with Crippen molar-refractivity contribution in [1.82, 2.24) is 19.1 Å². The fraction of sp³-hybridized carbons (Fsp3) is 0.333. The number of H-pyrrole nitrogens is 1. The summed E-state index contributed by atoms with van der Waals surface area (Å²) in [5, 5.41) is 11.4. The van der Waals surface area contributed by atoms with Crippen molar-refractivity contribution < 1.29 is 9.90 Å². The number of carboxylic acids is 1. The van der Waals surface area contributed by atoms with Gasteiger partial charge in [0.15, 0.2) is 16.3 Å². The molecule has 0 saturated carbocycles. The highest BCUT2D eigenvalue weighted by atomic mass is 35.5. The molecule has 118 valence electrons. The van der Waals surface area contributed by atoms with E-state index >= 15 is 0 Å². The Morgan fingerprint density at radius 2 is 2.18 bits per heavy atom. The standard InChI is InChI=1S/C12H13ClN4O4S/c1-6(13)3-4-17-8-9(14-12(17)22-5-7(18)19)16(2)11(21)15-10(8)20/h3H,4-5H2,1-2H3,(H,18,19)(H,15,20,21)/p-1. The normalized spacial score (nSPS) is 12.0. The number of carbonyl (C=O) groups excluding carboxylic acids is 1. The van der Waals surface area contributed by atoms with E-state index in [1.807, 2.05) is 0 Å². The van der Waals surface area contributed by atoms with Crippen LogP contribution in [0.2, 0.25) is 0 Å². The second-order valence-corrected chi connectivity index (χ2v) is 5.99. The summed E-state index contributed by atoms with van der Waals surface area (Å²) in [7, 11) is 1.47. The maximum Gasteiger partial charge on any atom is 0.329 e. The van der Waals surface area contributed by atoms with Gasteiger partial charge in [-0.2, -0.15) is 0 Å². The van der Waals surface area contributed by atoms with E-state index in [0.717, 1.165) is 11.8 Å². The summed E-state index contributed by atoms with van der Waals surface area (Å²) in [5.41, 5.74) is -0.832. The number of halogens is 1. The largest absolute Gasteiger partial charge is 0.549 e. The molecule has 0 unspecified atom stereocenters. The number of imidazole rings is 1. The summed E-state index contributed by atoms with van der Waals surface area (Å²) in [6.07, 6.45) is 1.65. The molecule has 0 fully saturated rings. The molecule has 0 aliphatic heterocycles. The third kappa shape index (κ3) is 3.25. The number of fused-ring (bicyclic) bond motifs is 1. The van der Waals surface area contributed by atoms with Crippen LogP contribution in [0, 0.1) is 0 Å². The SMILES string of the molecule is CC(Cl)=CCn1c(SCC(=O)[O-])nc2c1c(=O)[nH]c(=O)n2C. The lowest BCUT2D eigenvalue weighted by Gasteiger charge is -2.06. The number of aliphatic carboxylic acids is 1. The van der Waals surface area contributed by atoms with Crippen LogP contribution in [-0.4, -0.2) is 30.8 Å². The van der Waals surface area contributed by atoms with Gasteiger partial charge in [-0.25, -0.2) is 9.78 Å². The van der Waals surface area contributed by atoms with Crippen LogP contribution < -0.4 is 16.4 Å². The number of thioether (sulfide) groups is 1. The van der Waals surface area contributed by atoms with Crippen LogP contribution in [0.5, 0.6) is 0 Å². The number of aryl methyl sites for hydroxylation is 1. The van der Waals surface area contributed by atoms with Gasteiger partial charge in [-0.1, -0.05) is 29.4 Å². The third-order valence-electron chi connectivity index (χ3n) is 2.85. The maximum absolute atomic E-state index is 12.0. The first kappa shape index (κ1) is 16.4. The van der Waals surface area contributed by atoms with E-state index in [-0.39, 0.29) is 23.5 Å². The number of carbonyl (C=O) groups is 1. The highest BCUT2D eigenvalue weighted by Gasteiger charge is 2.17. The fourth-order valence-electron chi connectivity index (χ4n) is 1.83. The minimum Gasteiger partial charge on any atom is -0.549 e. The fourth-order valence-corrected chi connectivity index (χ4v) is 2.62. The number of hydrogen-bond donors (Lipinski definition) is 1. The molecule has 0 aliphatic rings. The van der Waals surface area contributed by atoms with Gasteiger partial charge < -0.3 is 14.5 Å². The van der Waals surface area contributed by atoms with Crippen molar-refractivity contribution in [1.29, 1.82) is 0 Å². The summed E-state index contributed by atoms with van der Waals surface area (Å²) < 4.78 is 2.70. The van der Waals surface area contributed by atoms with E-state index in [1.165, 1.54) is 16.2 Å². The van der Waals surface area contributed by atoms with E-state index < -0.39 is 17.2 Å². The van der Waals surface area contributed by atoms with Gasteiger partial charge in [-0.15, -0.1) is 0 Å². The molecule has 2 aromatic heterocycles. The molecular weight excluding hydrogens is 332 g/mol. The quantitative estimate of drug-likeness (QED) is 0.726. The number of hydrogen-bond acceptors (Lipinski definition) is 6. The predicted molar refractivity (Wildman–Crippen MR) is 80.9 cm³/mol. The molecule has 22 heavy (non-hydrogen) atoms. The van der Waals surface area contributed by atoms with E-state index in [0.29, 0.717) is 10.2 Å². The summed E-state index contributed by atoms with van der Waals surface area (Å²) in [5.74, 6) is -1.57. The highest BCUT2D eigenvalue weighted by Crippen LogP contribution is 2.21. The number of carboxylic acid groups (broad SMARTS) is 1. The van der Waals surface area contributed by atoms with Gasteiger partial charge in [0.05, 0.1) is 5.97 Å². The smallest absolute Gasteiger partial charge is 0.329 e. The Bertz CT molecular complexity index is 876. The summed E-state index contributed by atoms with van der Waals surface area (Å²) >= 11 is 6.70.